The number of carbonyl (C=O) groups excluding carboxylic acids is 1. The summed E-state index contributed by atoms with van der Waals surface area (Å²) >= 11 is 0. The molecule has 0 aromatic heterocycles. The molecule has 2 rings (SSSR count). The number of rotatable bonds is 6. The summed E-state index contributed by atoms with van der Waals surface area (Å²) in [5.41, 5.74) is 5.87. The van der Waals surface area contributed by atoms with Crippen molar-refractivity contribution in [1.29, 1.82) is 0 Å². The predicted octanol–water partition coefficient (Wildman–Crippen LogP) is 4.57. The van der Waals surface area contributed by atoms with Gasteiger partial charge in [-0.1, -0.05) is 42.8 Å². The van der Waals surface area contributed by atoms with E-state index in [4.69, 9.17) is 4.74 Å². The van der Waals surface area contributed by atoms with Crippen molar-refractivity contribution in [1.82, 2.24) is 5.32 Å². The Morgan fingerprint density at radius 3 is 2.38 bits per heavy atom. The molecule has 0 bridgehead atoms. The number of amides is 1. The number of carbonyl (C=O) groups is 1. The van der Waals surface area contributed by atoms with Crippen LogP contribution in [-0.4, -0.2) is 12.5 Å². The smallest absolute Gasteiger partial charge is 0.258 e. The van der Waals surface area contributed by atoms with Gasteiger partial charge in [0.25, 0.3) is 5.91 Å². The molecule has 0 saturated carbocycles. The average molecular weight is 325 g/mol. The Morgan fingerprint density at radius 1 is 1.00 bits per heavy atom. The van der Waals surface area contributed by atoms with Crippen LogP contribution in [0.2, 0.25) is 0 Å². The molecule has 24 heavy (non-hydrogen) atoms. The van der Waals surface area contributed by atoms with Crippen molar-refractivity contribution in [3.8, 4) is 5.75 Å². The van der Waals surface area contributed by atoms with E-state index in [0.717, 1.165) is 23.3 Å². The van der Waals surface area contributed by atoms with Crippen LogP contribution in [0.25, 0.3) is 0 Å². The predicted molar refractivity (Wildman–Crippen MR) is 98.5 cm³/mol. The second-order valence-electron chi connectivity index (χ2n) is 6.43. The van der Waals surface area contributed by atoms with Crippen LogP contribution in [0, 0.1) is 27.7 Å². The highest BCUT2D eigenvalue weighted by atomic mass is 16.5. The second-order valence-corrected chi connectivity index (χ2v) is 6.43. The maximum Gasteiger partial charge on any atom is 0.258 e. The van der Waals surface area contributed by atoms with Crippen molar-refractivity contribution in [2.24, 2.45) is 0 Å². The second kappa shape index (κ2) is 8.00. The first-order valence-corrected chi connectivity index (χ1v) is 8.47. The number of benzene rings is 2. The summed E-state index contributed by atoms with van der Waals surface area (Å²) in [5.74, 6) is 0.662. The van der Waals surface area contributed by atoms with Crippen LogP contribution in [0.4, 0.5) is 0 Å². The minimum absolute atomic E-state index is 0.0134. The summed E-state index contributed by atoms with van der Waals surface area (Å²) in [4.78, 5) is 12.3. The number of aryl methyl sites for hydroxylation is 4. The summed E-state index contributed by atoms with van der Waals surface area (Å²) in [6.07, 6.45) is 0.845. The Balaban J connectivity index is 1.97. The zero-order valence-electron chi connectivity index (χ0n) is 15.3. The molecule has 0 spiro atoms. The van der Waals surface area contributed by atoms with E-state index in [-0.39, 0.29) is 18.6 Å². The maximum atomic E-state index is 12.3. The quantitative estimate of drug-likeness (QED) is 0.845. The molecule has 3 nitrogen and oxygen atoms in total. The van der Waals surface area contributed by atoms with E-state index in [0.29, 0.717) is 0 Å². The molecule has 0 fully saturated rings. The molecule has 0 aliphatic carbocycles. The number of hydrogen-bond acceptors (Lipinski definition) is 2. The molecule has 128 valence electrons. The van der Waals surface area contributed by atoms with Crippen LogP contribution in [0.15, 0.2) is 36.4 Å². The third-order valence-corrected chi connectivity index (χ3v) is 4.37. The molecule has 1 amide bonds. The number of ether oxygens (including phenoxy) is 1. The minimum Gasteiger partial charge on any atom is -0.484 e. The van der Waals surface area contributed by atoms with Crippen molar-refractivity contribution in [2.45, 2.75) is 47.1 Å². The van der Waals surface area contributed by atoms with Gasteiger partial charge in [0.2, 0.25) is 0 Å². The highest BCUT2D eigenvalue weighted by Gasteiger charge is 2.14. The zero-order chi connectivity index (χ0) is 17.7. The van der Waals surface area contributed by atoms with Crippen LogP contribution in [0.1, 0.15) is 47.2 Å². The summed E-state index contributed by atoms with van der Waals surface area (Å²) in [5, 5.41) is 3.07. The Morgan fingerprint density at radius 2 is 1.75 bits per heavy atom. The van der Waals surface area contributed by atoms with E-state index in [1.54, 1.807) is 0 Å². The first-order chi connectivity index (χ1) is 11.4. The molecule has 0 unspecified atom stereocenters. The van der Waals surface area contributed by atoms with E-state index < -0.39 is 0 Å². The Labute approximate surface area is 145 Å². The Bertz CT molecular complexity index is 722. The first kappa shape index (κ1) is 18.1. The van der Waals surface area contributed by atoms with Crippen LogP contribution in [0.5, 0.6) is 5.75 Å². The van der Waals surface area contributed by atoms with Gasteiger partial charge < -0.3 is 10.1 Å². The van der Waals surface area contributed by atoms with Crippen molar-refractivity contribution in [3.05, 3.63) is 64.2 Å². The highest BCUT2D eigenvalue weighted by Crippen LogP contribution is 2.21. The van der Waals surface area contributed by atoms with Crippen LogP contribution in [0.3, 0.4) is 0 Å². The van der Waals surface area contributed by atoms with Gasteiger partial charge in [-0.25, -0.2) is 0 Å². The van der Waals surface area contributed by atoms with Gasteiger partial charge >= 0.3 is 0 Å². The molecular formula is C21H27NO2. The Kier molecular flexibility index (Phi) is 6.02. The molecule has 0 heterocycles. The summed E-state index contributed by atoms with van der Waals surface area (Å²) in [7, 11) is 0. The Hall–Kier alpha value is -2.29. The molecule has 1 N–H and O–H groups in total. The van der Waals surface area contributed by atoms with Gasteiger partial charge in [-0.15, -0.1) is 0 Å². The standard InChI is InChI=1S/C21H27NO2/c1-6-19(18-9-8-15(3)16(4)12-18)22-21(23)13-24-20-10-7-14(2)11-17(20)5/h7-12,19H,6,13H2,1-5H3,(H,22,23)/t19-/m1/s1. The fraction of sp³-hybridized carbons (Fsp3) is 0.381. The van der Waals surface area contributed by atoms with Crippen molar-refractivity contribution in [2.75, 3.05) is 6.61 Å². The monoisotopic (exact) mass is 325 g/mol. The van der Waals surface area contributed by atoms with E-state index in [1.807, 2.05) is 26.0 Å². The molecule has 2 aromatic carbocycles. The summed E-state index contributed by atoms with van der Waals surface area (Å²) in [6, 6.07) is 12.3. The van der Waals surface area contributed by atoms with Crippen LogP contribution >= 0.6 is 0 Å². The lowest BCUT2D eigenvalue weighted by molar-refractivity contribution is -0.123. The van der Waals surface area contributed by atoms with Gasteiger partial charge in [-0.2, -0.15) is 0 Å². The maximum absolute atomic E-state index is 12.3. The zero-order valence-corrected chi connectivity index (χ0v) is 15.3. The number of hydrogen-bond donors (Lipinski definition) is 1. The molecule has 0 radical (unpaired) electrons. The summed E-state index contributed by atoms with van der Waals surface area (Å²) < 4.78 is 5.67. The van der Waals surface area contributed by atoms with Gasteiger partial charge in [0.05, 0.1) is 6.04 Å². The lowest BCUT2D eigenvalue weighted by atomic mass is 9.99. The van der Waals surface area contributed by atoms with E-state index in [2.05, 4.69) is 50.4 Å². The van der Waals surface area contributed by atoms with Gasteiger partial charge in [0.1, 0.15) is 5.75 Å². The fourth-order valence-corrected chi connectivity index (χ4v) is 2.74. The van der Waals surface area contributed by atoms with Crippen molar-refractivity contribution >= 4 is 5.91 Å². The summed E-state index contributed by atoms with van der Waals surface area (Å²) in [6.45, 7) is 10.3. The van der Waals surface area contributed by atoms with Crippen molar-refractivity contribution < 1.29 is 9.53 Å². The van der Waals surface area contributed by atoms with Gasteiger partial charge in [0, 0.05) is 0 Å². The first-order valence-electron chi connectivity index (χ1n) is 8.47. The minimum atomic E-state index is -0.0972. The SMILES string of the molecule is CC[C@@H](NC(=O)COc1ccc(C)cc1C)c1ccc(C)c(C)c1. The largest absolute Gasteiger partial charge is 0.484 e. The highest BCUT2D eigenvalue weighted by molar-refractivity contribution is 5.78. The van der Waals surface area contributed by atoms with Gasteiger partial charge in [-0.3, -0.25) is 4.79 Å². The van der Waals surface area contributed by atoms with Gasteiger partial charge in [-0.05, 0) is 62.4 Å². The lowest BCUT2D eigenvalue weighted by Crippen LogP contribution is -2.32. The molecule has 0 aliphatic rings. The molecule has 1 atom stereocenters. The number of nitrogens with one attached hydrogen (secondary N) is 1. The topological polar surface area (TPSA) is 38.3 Å². The third-order valence-electron chi connectivity index (χ3n) is 4.37. The third kappa shape index (κ3) is 4.60. The lowest BCUT2D eigenvalue weighted by Gasteiger charge is -2.19. The molecule has 0 aliphatic heterocycles. The van der Waals surface area contributed by atoms with E-state index in [9.17, 15) is 4.79 Å². The normalized spacial score (nSPS) is 11.9. The average Bonchev–Trinajstić information content (AvgIpc) is 2.54. The van der Waals surface area contributed by atoms with E-state index in [1.165, 1.54) is 16.7 Å². The van der Waals surface area contributed by atoms with Gasteiger partial charge in [0.15, 0.2) is 6.61 Å². The fourth-order valence-electron chi connectivity index (χ4n) is 2.74. The van der Waals surface area contributed by atoms with Crippen LogP contribution in [-0.2, 0) is 4.79 Å². The molecule has 0 saturated heterocycles. The van der Waals surface area contributed by atoms with Crippen LogP contribution < -0.4 is 10.1 Å². The van der Waals surface area contributed by atoms with E-state index >= 15 is 0 Å². The molecular weight excluding hydrogens is 298 g/mol. The van der Waals surface area contributed by atoms with Crippen molar-refractivity contribution in [3.63, 3.8) is 0 Å². The molecule has 2 aromatic rings. The molecule has 3 heteroatoms.